The maximum Gasteiger partial charge on any atom is 0.338 e. The summed E-state index contributed by atoms with van der Waals surface area (Å²) in [4.78, 5) is 49.1. The molecule has 0 bridgehead atoms. The summed E-state index contributed by atoms with van der Waals surface area (Å²) in [5, 5.41) is 5.21. The lowest BCUT2D eigenvalue weighted by Crippen LogP contribution is -2.41. The largest absolute Gasteiger partial charge is 0.497 e. The molecule has 1 unspecified atom stereocenters. The maximum atomic E-state index is 12.3. The molecule has 168 valence electrons. The standard InChI is InChI=1S/C22H23N3O7/c1-14(20(27)25-11-10-23-22(25)29)32-21(28)15-6-8-17(9-7-15)31-13-19(26)24-16-4-3-5-18(12-16)30-2/h3-9,12,14H,10-11,13H2,1-2H3,(H,23,29)(H,24,26). The summed E-state index contributed by atoms with van der Waals surface area (Å²) in [7, 11) is 1.54. The Bertz CT molecular complexity index is 1010. The first kappa shape index (κ1) is 22.6. The first-order valence-electron chi connectivity index (χ1n) is 9.84. The average molecular weight is 441 g/mol. The molecule has 2 aromatic carbocycles. The van der Waals surface area contributed by atoms with Crippen molar-refractivity contribution in [1.29, 1.82) is 0 Å². The van der Waals surface area contributed by atoms with Gasteiger partial charge in [-0.25, -0.2) is 9.59 Å². The van der Waals surface area contributed by atoms with Gasteiger partial charge in [0.25, 0.3) is 11.8 Å². The van der Waals surface area contributed by atoms with Crippen LogP contribution in [-0.2, 0) is 14.3 Å². The number of nitrogens with one attached hydrogen (secondary N) is 2. The molecule has 10 heteroatoms. The van der Waals surface area contributed by atoms with Gasteiger partial charge in [0, 0.05) is 24.8 Å². The Morgan fingerprint density at radius 2 is 1.88 bits per heavy atom. The minimum absolute atomic E-state index is 0.198. The van der Waals surface area contributed by atoms with E-state index in [1.54, 1.807) is 24.3 Å². The van der Waals surface area contributed by atoms with Gasteiger partial charge in [-0.2, -0.15) is 0 Å². The van der Waals surface area contributed by atoms with Crippen LogP contribution in [0.15, 0.2) is 48.5 Å². The summed E-state index contributed by atoms with van der Waals surface area (Å²) in [5.41, 5.74) is 0.773. The molecular weight excluding hydrogens is 418 g/mol. The van der Waals surface area contributed by atoms with Gasteiger partial charge in [0.05, 0.1) is 12.7 Å². The fourth-order valence-corrected chi connectivity index (χ4v) is 2.91. The molecular formula is C22H23N3O7. The molecule has 0 spiro atoms. The number of urea groups is 1. The molecule has 0 aliphatic carbocycles. The van der Waals surface area contributed by atoms with E-state index >= 15 is 0 Å². The topological polar surface area (TPSA) is 123 Å². The van der Waals surface area contributed by atoms with Crippen molar-refractivity contribution in [3.8, 4) is 11.5 Å². The lowest BCUT2D eigenvalue weighted by Gasteiger charge is -2.18. The van der Waals surface area contributed by atoms with Crippen molar-refractivity contribution in [2.45, 2.75) is 13.0 Å². The first-order valence-corrected chi connectivity index (χ1v) is 9.84. The third-order valence-electron chi connectivity index (χ3n) is 4.57. The van der Waals surface area contributed by atoms with Crippen LogP contribution in [0.2, 0.25) is 0 Å². The van der Waals surface area contributed by atoms with Crippen LogP contribution in [-0.4, -0.2) is 61.6 Å². The van der Waals surface area contributed by atoms with E-state index in [9.17, 15) is 19.2 Å². The van der Waals surface area contributed by atoms with Crippen molar-refractivity contribution in [2.75, 3.05) is 32.1 Å². The van der Waals surface area contributed by atoms with Crippen molar-refractivity contribution in [1.82, 2.24) is 10.2 Å². The Hall–Kier alpha value is -4.08. The highest BCUT2D eigenvalue weighted by molar-refractivity contribution is 5.99. The third kappa shape index (κ3) is 5.75. The first-order chi connectivity index (χ1) is 15.4. The van der Waals surface area contributed by atoms with Crippen molar-refractivity contribution < 1.29 is 33.4 Å². The molecule has 10 nitrogen and oxygen atoms in total. The van der Waals surface area contributed by atoms with E-state index in [4.69, 9.17) is 14.2 Å². The zero-order valence-corrected chi connectivity index (χ0v) is 17.6. The molecule has 3 rings (SSSR count). The Labute approximate surface area is 184 Å². The summed E-state index contributed by atoms with van der Waals surface area (Å²) in [6.07, 6.45) is -1.11. The van der Waals surface area contributed by atoms with Gasteiger partial charge < -0.3 is 24.8 Å². The molecule has 1 aliphatic rings. The number of benzene rings is 2. The number of anilines is 1. The number of nitrogens with zero attached hydrogens (tertiary/aromatic N) is 1. The van der Waals surface area contributed by atoms with E-state index in [2.05, 4.69) is 10.6 Å². The quantitative estimate of drug-likeness (QED) is 0.599. The zero-order valence-electron chi connectivity index (χ0n) is 17.6. The van der Waals surface area contributed by atoms with Gasteiger partial charge in [-0.15, -0.1) is 0 Å². The smallest absolute Gasteiger partial charge is 0.338 e. The molecule has 1 aliphatic heterocycles. The number of carbonyl (C=O) groups excluding carboxylic acids is 4. The zero-order chi connectivity index (χ0) is 23.1. The molecule has 2 N–H and O–H groups in total. The lowest BCUT2D eigenvalue weighted by molar-refractivity contribution is -0.136. The minimum Gasteiger partial charge on any atom is -0.497 e. The van der Waals surface area contributed by atoms with E-state index < -0.39 is 24.0 Å². The van der Waals surface area contributed by atoms with Crippen LogP contribution < -0.4 is 20.1 Å². The fourth-order valence-electron chi connectivity index (χ4n) is 2.91. The van der Waals surface area contributed by atoms with Gasteiger partial charge in [-0.05, 0) is 43.3 Å². The second kappa shape index (κ2) is 10.3. The maximum absolute atomic E-state index is 12.3. The predicted octanol–water partition coefficient (Wildman–Crippen LogP) is 1.81. The number of imide groups is 1. The van der Waals surface area contributed by atoms with E-state index in [1.165, 1.54) is 38.3 Å². The Kier molecular flexibility index (Phi) is 7.27. The highest BCUT2D eigenvalue weighted by atomic mass is 16.5. The van der Waals surface area contributed by atoms with Crippen LogP contribution in [0.25, 0.3) is 0 Å². The molecule has 0 saturated carbocycles. The van der Waals surface area contributed by atoms with E-state index in [0.717, 1.165) is 4.90 Å². The van der Waals surface area contributed by atoms with Gasteiger partial charge in [0.1, 0.15) is 11.5 Å². The number of hydrogen-bond acceptors (Lipinski definition) is 7. The normalized spacial score (nSPS) is 13.7. The Balaban J connectivity index is 1.48. The minimum atomic E-state index is -1.11. The second-order valence-corrected chi connectivity index (χ2v) is 6.86. The Morgan fingerprint density at radius 1 is 1.12 bits per heavy atom. The van der Waals surface area contributed by atoms with E-state index in [-0.39, 0.29) is 24.6 Å². The number of rotatable bonds is 8. The highest BCUT2D eigenvalue weighted by Gasteiger charge is 2.31. The van der Waals surface area contributed by atoms with Crippen molar-refractivity contribution >= 4 is 29.5 Å². The molecule has 4 amide bonds. The number of amides is 4. The van der Waals surface area contributed by atoms with Crippen LogP contribution in [0.3, 0.4) is 0 Å². The van der Waals surface area contributed by atoms with Crippen LogP contribution in [0, 0.1) is 0 Å². The summed E-state index contributed by atoms with van der Waals surface area (Å²) < 4.78 is 15.7. The summed E-state index contributed by atoms with van der Waals surface area (Å²) in [6.45, 7) is 1.77. The number of hydrogen-bond donors (Lipinski definition) is 2. The van der Waals surface area contributed by atoms with E-state index in [1.807, 2.05) is 0 Å². The molecule has 32 heavy (non-hydrogen) atoms. The van der Waals surface area contributed by atoms with Gasteiger partial charge in [0.2, 0.25) is 0 Å². The van der Waals surface area contributed by atoms with Crippen LogP contribution in [0.1, 0.15) is 17.3 Å². The van der Waals surface area contributed by atoms with Crippen LogP contribution in [0.4, 0.5) is 10.5 Å². The molecule has 0 aromatic heterocycles. The van der Waals surface area contributed by atoms with Crippen molar-refractivity contribution in [2.24, 2.45) is 0 Å². The second-order valence-electron chi connectivity index (χ2n) is 6.86. The Morgan fingerprint density at radius 3 is 2.53 bits per heavy atom. The van der Waals surface area contributed by atoms with Gasteiger partial charge in [0.15, 0.2) is 12.7 Å². The number of methoxy groups -OCH3 is 1. The summed E-state index contributed by atoms with van der Waals surface area (Å²) in [6, 6.07) is 12.3. The third-order valence-corrected chi connectivity index (χ3v) is 4.57. The van der Waals surface area contributed by atoms with Crippen molar-refractivity contribution in [3.05, 3.63) is 54.1 Å². The molecule has 2 aromatic rings. The molecule has 1 saturated heterocycles. The van der Waals surface area contributed by atoms with Crippen LogP contribution >= 0.6 is 0 Å². The van der Waals surface area contributed by atoms with E-state index in [0.29, 0.717) is 23.7 Å². The fraction of sp³-hybridized carbons (Fsp3) is 0.273. The van der Waals surface area contributed by atoms with Gasteiger partial charge in [-0.3, -0.25) is 14.5 Å². The van der Waals surface area contributed by atoms with Gasteiger partial charge >= 0.3 is 12.0 Å². The molecule has 1 atom stereocenters. The number of esters is 1. The van der Waals surface area contributed by atoms with Gasteiger partial charge in [-0.1, -0.05) is 6.07 Å². The predicted molar refractivity (Wildman–Crippen MR) is 114 cm³/mol. The summed E-state index contributed by atoms with van der Waals surface area (Å²) in [5.74, 6) is -0.672. The number of ether oxygens (including phenoxy) is 3. The molecule has 1 fully saturated rings. The lowest BCUT2D eigenvalue weighted by atomic mass is 10.2. The average Bonchev–Trinajstić information content (AvgIpc) is 3.23. The molecule has 0 radical (unpaired) electrons. The number of carbonyl (C=O) groups is 4. The van der Waals surface area contributed by atoms with Crippen LogP contribution in [0.5, 0.6) is 11.5 Å². The molecule has 1 heterocycles. The monoisotopic (exact) mass is 441 g/mol. The summed E-state index contributed by atoms with van der Waals surface area (Å²) >= 11 is 0. The van der Waals surface area contributed by atoms with Crippen molar-refractivity contribution in [3.63, 3.8) is 0 Å². The SMILES string of the molecule is COc1cccc(NC(=O)COc2ccc(C(=O)OC(C)C(=O)N3CCNC3=O)cc2)c1. The highest BCUT2D eigenvalue weighted by Crippen LogP contribution is 2.17.